The van der Waals surface area contributed by atoms with Gasteiger partial charge in [0.15, 0.2) is 0 Å². The van der Waals surface area contributed by atoms with Gasteiger partial charge < -0.3 is 15.4 Å². The number of ether oxygens (including phenoxy) is 1. The first kappa shape index (κ1) is 25.7. The molecule has 1 saturated heterocycles. The van der Waals surface area contributed by atoms with E-state index in [4.69, 9.17) is 4.74 Å². The number of para-hydroxylation sites is 1. The van der Waals surface area contributed by atoms with Crippen LogP contribution in [0.4, 0.5) is 11.4 Å². The van der Waals surface area contributed by atoms with Gasteiger partial charge in [-0.2, -0.15) is 0 Å². The van der Waals surface area contributed by atoms with Gasteiger partial charge in [0.25, 0.3) is 5.91 Å². The Morgan fingerprint density at radius 2 is 1.88 bits per heavy atom. The van der Waals surface area contributed by atoms with Gasteiger partial charge in [-0.05, 0) is 68.5 Å². The third kappa shape index (κ3) is 6.15. The monoisotopic (exact) mass is 487 g/mol. The lowest BCUT2D eigenvalue weighted by Crippen LogP contribution is -2.47. The molecule has 184 valence electrons. The molecular weight excluding hydrogens is 454 g/mol. The van der Waals surface area contributed by atoms with Crippen LogP contribution in [-0.4, -0.2) is 51.8 Å². The summed E-state index contributed by atoms with van der Waals surface area (Å²) in [6.07, 6.45) is 3.21. The van der Waals surface area contributed by atoms with Crippen molar-refractivity contribution in [1.82, 2.24) is 5.32 Å². The van der Waals surface area contributed by atoms with Crippen molar-refractivity contribution in [2.24, 2.45) is 0 Å². The second-order valence-corrected chi connectivity index (χ2v) is 10.5. The van der Waals surface area contributed by atoms with E-state index >= 15 is 0 Å². The standard InChI is InChI=1S/C25H33N3O5S/c1-5-23(28(34(4,31)32)19-13-12-17(2)18(3)15-19)25(30)27-22-11-7-6-10-21(22)24(29)26-16-20-9-8-14-33-20/h6-7,10-13,15,20,23H,5,8-9,14,16H2,1-4H3,(H,26,29)(H,27,30)/t20-,23+/m0/s1. The fourth-order valence-corrected chi connectivity index (χ4v) is 5.24. The van der Waals surface area contributed by atoms with E-state index in [9.17, 15) is 18.0 Å². The van der Waals surface area contributed by atoms with E-state index < -0.39 is 22.0 Å². The number of hydrogen-bond donors (Lipinski definition) is 2. The summed E-state index contributed by atoms with van der Waals surface area (Å²) in [7, 11) is -3.76. The molecule has 34 heavy (non-hydrogen) atoms. The average Bonchev–Trinajstić information content (AvgIpc) is 3.31. The van der Waals surface area contributed by atoms with Crippen molar-refractivity contribution in [3.8, 4) is 0 Å². The maximum Gasteiger partial charge on any atom is 0.253 e. The van der Waals surface area contributed by atoms with E-state index in [0.717, 1.165) is 34.5 Å². The van der Waals surface area contributed by atoms with Crippen molar-refractivity contribution in [1.29, 1.82) is 0 Å². The highest BCUT2D eigenvalue weighted by molar-refractivity contribution is 7.92. The van der Waals surface area contributed by atoms with Crippen LogP contribution < -0.4 is 14.9 Å². The van der Waals surface area contributed by atoms with E-state index in [1.807, 2.05) is 19.9 Å². The molecule has 0 spiro atoms. The molecule has 2 aromatic carbocycles. The maximum atomic E-state index is 13.3. The zero-order chi connectivity index (χ0) is 24.9. The highest BCUT2D eigenvalue weighted by atomic mass is 32.2. The van der Waals surface area contributed by atoms with Gasteiger partial charge in [0.05, 0.1) is 29.3 Å². The summed E-state index contributed by atoms with van der Waals surface area (Å²) in [4.78, 5) is 26.1. The van der Waals surface area contributed by atoms with Crippen LogP contribution in [0.2, 0.25) is 0 Å². The molecule has 1 fully saturated rings. The summed E-state index contributed by atoms with van der Waals surface area (Å²) in [5.74, 6) is -0.834. The molecule has 0 aliphatic carbocycles. The predicted octanol–water partition coefficient (Wildman–Crippen LogP) is 3.40. The van der Waals surface area contributed by atoms with Crippen molar-refractivity contribution >= 4 is 33.2 Å². The van der Waals surface area contributed by atoms with Crippen molar-refractivity contribution in [2.45, 2.75) is 52.2 Å². The minimum Gasteiger partial charge on any atom is -0.376 e. The minimum atomic E-state index is -3.76. The van der Waals surface area contributed by atoms with Crippen LogP contribution in [0.15, 0.2) is 42.5 Å². The Morgan fingerprint density at radius 1 is 1.15 bits per heavy atom. The maximum absolute atomic E-state index is 13.3. The molecule has 3 rings (SSSR count). The number of nitrogens with zero attached hydrogens (tertiary/aromatic N) is 1. The van der Waals surface area contributed by atoms with E-state index in [2.05, 4.69) is 10.6 Å². The van der Waals surface area contributed by atoms with E-state index in [0.29, 0.717) is 30.1 Å². The third-order valence-corrected chi connectivity index (χ3v) is 7.20. The van der Waals surface area contributed by atoms with Crippen LogP contribution in [0.3, 0.4) is 0 Å². The summed E-state index contributed by atoms with van der Waals surface area (Å²) in [6, 6.07) is 11.0. The third-order valence-electron chi connectivity index (χ3n) is 6.02. The summed E-state index contributed by atoms with van der Waals surface area (Å²) < 4.78 is 32.2. The number of rotatable bonds is 9. The number of anilines is 2. The highest BCUT2D eigenvalue weighted by Gasteiger charge is 2.32. The molecule has 9 heteroatoms. The van der Waals surface area contributed by atoms with E-state index in [1.165, 1.54) is 0 Å². The fourth-order valence-electron chi connectivity index (χ4n) is 4.04. The Labute approximate surface area is 201 Å². The van der Waals surface area contributed by atoms with Crippen LogP contribution >= 0.6 is 0 Å². The van der Waals surface area contributed by atoms with Gasteiger partial charge in [-0.25, -0.2) is 8.42 Å². The second kappa shape index (κ2) is 11.0. The number of hydrogen-bond acceptors (Lipinski definition) is 5. The van der Waals surface area contributed by atoms with Crippen LogP contribution in [0, 0.1) is 13.8 Å². The van der Waals surface area contributed by atoms with Crippen LogP contribution in [0.5, 0.6) is 0 Å². The van der Waals surface area contributed by atoms with Gasteiger partial charge in [0, 0.05) is 13.2 Å². The van der Waals surface area contributed by atoms with Gasteiger partial charge in [-0.3, -0.25) is 13.9 Å². The molecule has 1 aliphatic rings. The van der Waals surface area contributed by atoms with Gasteiger partial charge in [0.1, 0.15) is 6.04 Å². The smallest absolute Gasteiger partial charge is 0.253 e. The normalized spacial score (nSPS) is 16.6. The Morgan fingerprint density at radius 3 is 2.50 bits per heavy atom. The molecule has 2 amide bonds. The number of sulfonamides is 1. The number of amides is 2. The van der Waals surface area contributed by atoms with Crippen LogP contribution in [0.1, 0.15) is 47.7 Å². The molecule has 0 bridgehead atoms. The zero-order valence-corrected chi connectivity index (χ0v) is 20.9. The second-order valence-electron chi connectivity index (χ2n) is 8.63. The van der Waals surface area contributed by atoms with E-state index in [-0.39, 0.29) is 18.4 Å². The SMILES string of the molecule is CC[C@H](C(=O)Nc1ccccc1C(=O)NC[C@@H]1CCCO1)N(c1ccc(C)c(C)c1)S(C)(=O)=O. The van der Waals surface area contributed by atoms with Gasteiger partial charge in [-0.1, -0.05) is 25.1 Å². The van der Waals surface area contributed by atoms with Crippen LogP contribution in [0.25, 0.3) is 0 Å². The first-order valence-electron chi connectivity index (χ1n) is 11.5. The van der Waals surface area contributed by atoms with Crippen molar-refractivity contribution in [3.63, 3.8) is 0 Å². The number of benzene rings is 2. The largest absolute Gasteiger partial charge is 0.376 e. The van der Waals surface area contributed by atoms with Crippen molar-refractivity contribution in [3.05, 3.63) is 59.2 Å². The van der Waals surface area contributed by atoms with Crippen molar-refractivity contribution < 1.29 is 22.7 Å². The van der Waals surface area contributed by atoms with Gasteiger partial charge >= 0.3 is 0 Å². The molecule has 2 N–H and O–H groups in total. The Hall–Kier alpha value is -2.91. The molecule has 8 nitrogen and oxygen atoms in total. The summed E-state index contributed by atoms with van der Waals surface area (Å²) in [5.41, 5.74) is 3.01. The number of nitrogens with one attached hydrogen (secondary N) is 2. The molecule has 0 aromatic heterocycles. The lowest BCUT2D eigenvalue weighted by molar-refractivity contribution is -0.117. The highest BCUT2D eigenvalue weighted by Crippen LogP contribution is 2.26. The predicted molar refractivity (Wildman–Crippen MR) is 134 cm³/mol. The number of carbonyl (C=O) groups excluding carboxylic acids is 2. The molecule has 0 saturated carbocycles. The molecular formula is C25H33N3O5S. The summed E-state index contributed by atoms with van der Waals surface area (Å²) >= 11 is 0. The molecule has 0 unspecified atom stereocenters. The molecule has 1 heterocycles. The Balaban J connectivity index is 1.83. The van der Waals surface area contributed by atoms with E-state index in [1.54, 1.807) is 43.3 Å². The van der Waals surface area contributed by atoms with Crippen molar-refractivity contribution in [2.75, 3.05) is 29.0 Å². The topological polar surface area (TPSA) is 105 Å². The Kier molecular flexibility index (Phi) is 8.33. The first-order chi connectivity index (χ1) is 16.1. The fraction of sp³-hybridized carbons (Fsp3) is 0.440. The Bertz CT molecular complexity index is 1140. The molecule has 2 aromatic rings. The number of carbonyl (C=O) groups is 2. The minimum absolute atomic E-state index is 0.00328. The lowest BCUT2D eigenvalue weighted by atomic mass is 10.1. The van der Waals surface area contributed by atoms with Crippen LogP contribution in [-0.2, 0) is 19.6 Å². The molecule has 2 atom stereocenters. The first-order valence-corrected chi connectivity index (χ1v) is 13.3. The van der Waals surface area contributed by atoms with Gasteiger partial charge in [0.2, 0.25) is 15.9 Å². The number of aryl methyl sites for hydroxylation is 2. The average molecular weight is 488 g/mol. The lowest BCUT2D eigenvalue weighted by Gasteiger charge is -2.30. The van der Waals surface area contributed by atoms with Gasteiger partial charge in [-0.15, -0.1) is 0 Å². The molecule has 1 aliphatic heterocycles. The summed E-state index contributed by atoms with van der Waals surface area (Å²) in [6.45, 7) is 6.68. The summed E-state index contributed by atoms with van der Waals surface area (Å²) in [5, 5.41) is 5.64. The zero-order valence-electron chi connectivity index (χ0n) is 20.1. The molecule has 0 radical (unpaired) electrons. The quantitative estimate of drug-likeness (QED) is 0.564.